The first kappa shape index (κ1) is 18.5. The molecule has 0 unspecified atom stereocenters. The minimum Gasteiger partial charge on any atom is -0.342 e. The van der Waals surface area contributed by atoms with Crippen LogP contribution < -0.4 is 5.73 Å². The van der Waals surface area contributed by atoms with Crippen LogP contribution in [0.5, 0.6) is 0 Å². The van der Waals surface area contributed by atoms with Gasteiger partial charge in [0.05, 0.1) is 12.2 Å². The van der Waals surface area contributed by atoms with Crippen molar-refractivity contribution in [2.75, 3.05) is 19.6 Å². The number of nitrogens with two attached hydrogens (primary N) is 1. The predicted octanol–water partition coefficient (Wildman–Crippen LogP) is 1.87. The number of carbonyl (C=O) groups is 1. The SMILES string of the molecule is NCCn1nc([C@@H]2CCN(C(=O)CCc3ccccc3F)C2)c2nccnc21. The van der Waals surface area contributed by atoms with E-state index in [1.54, 1.807) is 35.3 Å². The van der Waals surface area contributed by atoms with Crippen molar-refractivity contribution in [2.24, 2.45) is 5.73 Å². The van der Waals surface area contributed by atoms with Gasteiger partial charge in [0, 0.05) is 44.4 Å². The zero-order valence-corrected chi connectivity index (χ0v) is 15.6. The number of rotatable bonds is 6. The Morgan fingerprint density at radius 3 is 2.89 bits per heavy atom. The molecule has 0 spiro atoms. The van der Waals surface area contributed by atoms with Crippen LogP contribution in [-0.4, -0.2) is 50.2 Å². The van der Waals surface area contributed by atoms with Gasteiger partial charge in [0.2, 0.25) is 5.91 Å². The third-order valence-corrected chi connectivity index (χ3v) is 5.23. The topological polar surface area (TPSA) is 89.9 Å². The van der Waals surface area contributed by atoms with Crippen molar-refractivity contribution in [1.29, 1.82) is 0 Å². The second kappa shape index (κ2) is 8.02. The smallest absolute Gasteiger partial charge is 0.222 e. The maximum absolute atomic E-state index is 13.8. The number of aryl methyl sites for hydroxylation is 1. The van der Waals surface area contributed by atoms with Crippen molar-refractivity contribution in [1.82, 2.24) is 24.6 Å². The number of hydrogen-bond donors (Lipinski definition) is 1. The van der Waals surface area contributed by atoms with Crippen LogP contribution in [0, 0.1) is 5.82 Å². The molecule has 8 heteroatoms. The average molecular weight is 382 g/mol. The predicted molar refractivity (Wildman–Crippen MR) is 103 cm³/mol. The van der Waals surface area contributed by atoms with Crippen LogP contribution >= 0.6 is 0 Å². The van der Waals surface area contributed by atoms with Crippen molar-refractivity contribution in [2.45, 2.75) is 31.7 Å². The molecular weight excluding hydrogens is 359 g/mol. The number of halogens is 1. The lowest BCUT2D eigenvalue weighted by Crippen LogP contribution is -2.28. The summed E-state index contributed by atoms with van der Waals surface area (Å²) in [6, 6.07) is 6.60. The number of fused-ring (bicyclic) bond motifs is 1. The van der Waals surface area contributed by atoms with Crippen molar-refractivity contribution < 1.29 is 9.18 Å². The molecule has 1 atom stereocenters. The fraction of sp³-hybridized carbons (Fsp3) is 0.400. The fourth-order valence-corrected chi connectivity index (χ4v) is 3.79. The van der Waals surface area contributed by atoms with Gasteiger partial charge in [-0.25, -0.2) is 19.0 Å². The van der Waals surface area contributed by atoms with Gasteiger partial charge < -0.3 is 10.6 Å². The number of aromatic nitrogens is 4. The summed E-state index contributed by atoms with van der Waals surface area (Å²) in [7, 11) is 0. The summed E-state index contributed by atoms with van der Waals surface area (Å²) in [5.74, 6) is -0.0942. The number of likely N-dealkylation sites (tertiary alicyclic amines) is 1. The van der Waals surface area contributed by atoms with E-state index in [4.69, 9.17) is 5.73 Å². The van der Waals surface area contributed by atoms with E-state index in [1.807, 2.05) is 4.90 Å². The first-order valence-electron chi connectivity index (χ1n) is 9.56. The van der Waals surface area contributed by atoms with E-state index in [0.29, 0.717) is 44.6 Å². The summed E-state index contributed by atoms with van der Waals surface area (Å²) in [6.45, 7) is 2.32. The van der Waals surface area contributed by atoms with Crippen LogP contribution in [0.4, 0.5) is 4.39 Å². The molecule has 2 N–H and O–H groups in total. The molecule has 0 bridgehead atoms. The van der Waals surface area contributed by atoms with Crippen molar-refractivity contribution in [3.05, 3.63) is 53.7 Å². The molecule has 1 aliphatic heterocycles. The Bertz CT molecular complexity index is 988. The molecule has 0 radical (unpaired) electrons. The van der Waals surface area contributed by atoms with Crippen molar-refractivity contribution in [3.8, 4) is 0 Å². The van der Waals surface area contributed by atoms with Gasteiger partial charge in [0.1, 0.15) is 11.3 Å². The van der Waals surface area contributed by atoms with E-state index in [2.05, 4.69) is 15.1 Å². The molecule has 146 valence electrons. The summed E-state index contributed by atoms with van der Waals surface area (Å²) in [6.07, 6.45) is 4.85. The Balaban J connectivity index is 1.45. The Hall–Kier alpha value is -2.87. The van der Waals surface area contributed by atoms with Crippen molar-refractivity contribution in [3.63, 3.8) is 0 Å². The van der Waals surface area contributed by atoms with Crippen LogP contribution in [0.25, 0.3) is 11.2 Å². The van der Waals surface area contributed by atoms with E-state index >= 15 is 0 Å². The number of benzene rings is 1. The van der Waals surface area contributed by atoms with Gasteiger partial charge >= 0.3 is 0 Å². The van der Waals surface area contributed by atoms with E-state index in [-0.39, 0.29) is 17.6 Å². The van der Waals surface area contributed by atoms with Gasteiger partial charge in [0.15, 0.2) is 5.65 Å². The standard InChI is InChI=1S/C20H23FN6O/c21-16-4-2-1-3-14(16)5-6-17(28)26-11-7-15(13-26)18-19-20(24-10-9-23-19)27(25-18)12-8-22/h1-4,9-10,15H,5-8,11-13,22H2/t15-/m1/s1. The Morgan fingerprint density at radius 2 is 2.07 bits per heavy atom. The molecule has 28 heavy (non-hydrogen) atoms. The van der Waals surface area contributed by atoms with Crippen LogP contribution in [0.2, 0.25) is 0 Å². The summed E-state index contributed by atoms with van der Waals surface area (Å²) in [5, 5.41) is 4.68. The Labute approximate surface area is 162 Å². The summed E-state index contributed by atoms with van der Waals surface area (Å²) >= 11 is 0. The van der Waals surface area contributed by atoms with E-state index in [1.165, 1.54) is 6.07 Å². The second-order valence-electron chi connectivity index (χ2n) is 7.04. The van der Waals surface area contributed by atoms with Gasteiger partial charge in [-0.3, -0.25) is 4.79 Å². The van der Waals surface area contributed by atoms with Crippen LogP contribution in [0.15, 0.2) is 36.7 Å². The first-order chi connectivity index (χ1) is 13.7. The summed E-state index contributed by atoms with van der Waals surface area (Å²) in [5.41, 5.74) is 8.64. The van der Waals surface area contributed by atoms with Gasteiger partial charge in [-0.1, -0.05) is 18.2 Å². The number of hydrogen-bond acceptors (Lipinski definition) is 5. The fourth-order valence-electron chi connectivity index (χ4n) is 3.79. The van der Waals surface area contributed by atoms with Crippen LogP contribution in [-0.2, 0) is 17.8 Å². The van der Waals surface area contributed by atoms with E-state index < -0.39 is 0 Å². The normalized spacial score (nSPS) is 16.8. The third kappa shape index (κ3) is 3.60. The molecular formula is C20H23FN6O. The van der Waals surface area contributed by atoms with Gasteiger partial charge in [-0.15, -0.1) is 0 Å². The van der Waals surface area contributed by atoms with Crippen molar-refractivity contribution >= 4 is 17.1 Å². The highest BCUT2D eigenvalue weighted by Crippen LogP contribution is 2.30. The highest BCUT2D eigenvalue weighted by atomic mass is 19.1. The second-order valence-corrected chi connectivity index (χ2v) is 7.04. The number of nitrogens with zero attached hydrogens (tertiary/aromatic N) is 5. The molecule has 0 aliphatic carbocycles. The molecule has 0 saturated carbocycles. The van der Waals surface area contributed by atoms with Gasteiger partial charge in [-0.2, -0.15) is 5.10 Å². The van der Waals surface area contributed by atoms with Gasteiger partial charge in [0.25, 0.3) is 0 Å². The highest BCUT2D eigenvalue weighted by Gasteiger charge is 2.31. The van der Waals surface area contributed by atoms with E-state index in [9.17, 15) is 9.18 Å². The minimum absolute atomic E-state index is 0.0440. The summed E-state index contributed by atoms with van der Waals surface area (Å²) < 4.78 is 15.5. The molecule has 2 aromatic heterocycles. The zero-order chi connectivity index (χ0) is 19.5. The lowest BCUT2D eigenvalue weighted by atomic mass is 10.0. The molecule has 3 aromatic rings. The molecule has 4 rings (SSSR count). The molecule has 1 amide bonds. The molecule has 1 fully saturated rings. The largest absolute Gasteiger partial charge is 0.342 e. The quantitative estimate of drug-likeness (QED) is 0.703. The van der Waals surface area contributed by atoms with Gasteiger partial charge in [-0.05, 0) is 24.5 Å². The molecule has 1 aromatic carbocycles. The Morgan fingerprint density at radius 1 is 1.25 bits per heavy atom. The maximum atomic E-state index is 13.8. The Kier molecular flexibility index (Phi) is 5.29. The average Bonchev–Trinajstić information content (AvgIpc) is 3.33. The first-order valence-corrected chi connectivity index (χ1v) is 9.56. The maximum Gasteiger partial charge on any atom is 0.222 e. The molecule has 3 heterocycles. The zero-order valence-electron chi connectivity index (χ0n) is 15.6. The molecule has 1 aliphatic rings. The van der Waals surface area contributed by atoms with Crippen LogP contribution in [0.1, 0.15) is 30.0 Å². The lowest BCUT2D eigenvalue weighted by Gasteiger charge is -2.16. The molecule has 1 saturated heterocycles. The minimum atomic E-state index is -0.259. The third-order valence-electron chi connectivity index (χ3n) is 5.23. The van der Waals surface area contributed by atoms with E-state index in [0.717, 1.165) is 23.3 Å². The number of carbonyl (C=O) groups excluding carboxylic acids is 1. The van der Waals surface area contributed by atoms with Crippen LogP contribution in [0.3, 0.4) is 0 Å². The monoisotopic (exact) mass is 382 g/mol. The highest BCUT2D eigenvalue weighted by molar-refractivity contribution is 5.78. The lowest BCUT2D eigenvalue weighted by molar-refractivity contribution is -0.130. The number of amides is 1. The molecule has 7 nitrogen and oxygen atoms in total. The summed E-state index contributed by atoms with van der Waals surface area (Å²) in [4.78, 5) is 23.3.